The number of fused-ring (bicyclic) bond motifs is 1. The average Bonchev–Trinajstić information content (AvgIpc) is 2.73. The normalized spacial score (nSPS) is 39.4. The Morgan fingerprint density at radius 1 is 1.19 bits per heavy atom. The van der Waals surface area contributed by atoms with Crippen molar-refractivity contribution in [1.82, 2.24) is 5.32 Å². The van der Waals surface area contributed by atoms with Crippen LogP contribution in [0, 0.1) is 17.8 Å². The zero-order valence-corrected chi connectivity index (χ0v) is 9.74. The summed E-state index contributed by atoms with van der Waals surface area (Å²) in [6.07, 6.45) is 7.99. The molecule has 0 aromatic carbocycles. The third-order valence-corrected chi connectivity index (χ3v) is 4.96. The van der Waals surface area contributed by atoms with Crippen LogP contribution in [0.4, 0.5) is 0 Å². The first-order chi connectivity index (χ1) is 7.76. The number of aliphatic hydroxyl groups is 1. The van der Waals surface area contributed by atoms with Crippen LogP contribution >= 0.6 is 0 Å². The fourth-order valence-electron chi connectivity index (χ4n) is 3.93. The third kappa shape index (κ3) is 1.56. The Hall–Kier alpha value is -0.570. The average molecular weight is 223 g/mol. The van der Waals surface area contributed by atoms with E-state index in [9.17, 15) is 9.90 Å². The first kappa shape index (κ1) is 10.6. The number of hydrogen-bond acceptors (Lipinski definition) is 2. The minimum absolute atomic E-state index is 0.112. The summed E-state index contributed by atoms with van der Waals surface area (Å²) in [7, 11) is 0. The highest BCUT2D eigenvalue weighted by atomic mass is 16.3. The van der Waals surface area contributed by atoms with Gasteiger partial charge in [0.1, 0.15) is 0 Å². The van der Waals surface area contributed by atoms with Crippen LogP contribution < -0.4 is 5.32 Å². The molecule has 3 nitrogen and oxygen atoms in total. The van der Waals surface area contributed by atoms with Gasteiger partial charge in [-0.25, -0.2) is 0 Å². The van der Waals surface area contributed by atoms with Gasteiger partial charge >= 0.3 is 0 Å². The third-order valence-electron chi connectivity index (χ3n) is 4.96. The van der Waals surface area contributed by atoms with Gasteiger partial charge < -0.3 is 10.4 Å². The molecule has 16 heavy (non-hydrogen) atoms. The lowest BCUT2D eigenvalue weighted by atomic mass is 9.98. The molecule has 0 aliphatic heterocycles. The number of amides is 1. The minimum atomic E-state index is -0.270. The molecule has 0 aromatic heterocycles. The first-order valence-electron chi connectivity index (χ1n) is 6.69. The Labute approximate surface area is 96.6 Å². The molecule has 0 heterocycles. The highest BCUT2D eigenvalue weighted by Gasteiger charge is 2.57. The highest BCUT2D eigenvalue weighted by Crippen LogP contribution is 2.57. The molecule has 2 unspecified atom stereocenters. The predicted octanol–water partition coefficient (Wildman–Crippen LogP) is 1.45. The van der Waals surface area contributed by atoms with Crippen molar-refractivity contribution in [3.05, 3.63) is 0 Å². The van der Waals surface area contributed by atoms with Gasteiger partial charge in [-0.15, -0.1) is 0 Å². The van der Waals surface area contributed by atoms with Gasteiger partial charge in [0.05, 0.1) is 12.1 Å². The second-order valence-electron chi connectivity index (χ2n) is 5.92. The van der Waals surface area contributed by atoms with Crippen LogP contribution in [-0.4, -0.2) is 23.2 Å². The van der Waals surface area contributed by atoms with E-state index >= 15 is 0 Å². The lowest BCUT2D eigenvalue weighted by Crippen LogP contribution is -2.50. The molecule has 3 saturated carbocycles. The number of hydrogen-bond donors (Lipinski definition) is 2. The molecular weight excluding hydrogens is 202 g/mol. The number of nitrogens with one attached hydrogen (secondary N) is 1. The molecule has 3 fully saturated rings. The monoisotopic (exact) mass is 223 g/mol. The van der Waals surface area contributed by atoms with Crippen molar-refractivity contribution in [2.45, 2.75) is 50.5 Å². The molecule has 90 valence electrons. The molecule has 1 amide bonds. The van der Waals surface area contributed by atoms with Crippen LogP contribution in [0.15, 0.2) is 0 Å². The van der Waals surface area contributed by atoms with Gasteiger partial charge in [-0.05, 0) is 37.5 Å². The van der Waals surface area contributed by atoms with E-state index in [4.69, 9.17) is 0 Å². The van der Waals surface area contributed by atoms with Gasteiger partial charge in [0.2, 0.25) is 5.91 Å². The van der Waals surface area contributed by atoms with Crippen molar-refractivity contribution in [3.63, 3.8) is 0 Å². The van der Waals surface area contributed by atoms with Gasteiger partial charge in [-0.2, -0.15) is 0 Å². The van der Waals surface area contributed by atoms with Gasteiger partial charge in [-0.1, -0.05) is 19.3 Å². The molecular formula is C13H21NO2. The Morgan fingerprint density at radius 3 is 2.38 bits per heavy atom. The Bertz CT molecular complexity index is 286. The second-order valence-corrected chi connectivity index (χ2v) is 5.92. The number of rotatable bonds is 3. The highest BCUT2D eigenvalue weighted by molar-refractivity contribution is 5.83. The lowest BCUT2D eigenvalue weighted by Gasteiger charge is -2.28. The topological polar surface area (TPSA) is 49.3 Å². The van der Waals surface area contributed by atoms with E-state index in [1.807, 2.05) is 0 Å². The smallest absolute Gasteiger partial charge is 0.224 e. The minimum Gasteiger partial charge on any atom is -0.394 e. The molecule has 0 spiro atoms. The van der Waals surface area contributed by atoms with E-state index in [-0.39, 0.29) is 24.0 Å². The first-order valence-corrected chi connectivity index (χ1v) is 6.69. The quantitative estimate of drug-likeness (QED) is 0.761. The Kier molecular flexibility index (Phi) is 2.46. The standard InChI is InChI=1S/C13H21NO2/c15-8-13(6-1-2-7-13)14-12(16)11-9-4-3-5-10(9)11/h9-11,15H,1-8H2,(H,14,16). The molecule has 0 radical (unpaired) electrons. The predicted molar refractivity (Wildman–Crippen MR) is 60.7 cm³/mol. The van der Waals surface area contributed by atoms with Crippen LogP contribution in [0.25, 0.3) is 0 Å². The molecule has 0 aromatic rings. The van der Waals surface area contributed by atoms with Gasteiger partial charge in [0.25, 0.3) is 0 Å². The SMILES string of the molecule is O=C(NC1(CO)CCCC1)C1C2CCCC21. The molecule has 2 atom stereocenters. The van der Waals surface area contributed by atoms with Crippen LogP contribution in [0.5, 0.6) is 0 Å². The van der Waals surface area contributed by atoms with E-state index in [0.717, 1.165) is 25.7 Å². The largest absolute Gasteiger partial charge is 0.394 e. The zero-order chi connectivity index (χ0) is 11.2. The molecule has 0 bridgehead atoms. The summed E-state index contributed by atoms with van der Waals surface area (Å²) in [6.45, 7) is 0.112. The van der Waals surface area contributed by atoms with Gasteiger partial charge in [0, 0.05) is 5.92 Å². The lowest BCUT2D eigenvalue weighted by molar-refractivity contribution is -0.125. The summed E-state index contributed by atoms with van der Waals surface area (Å²) in [4.78, 5) is 12.1. The summed E-state index contributed by atoms with van der Waals surface area (Å²) in [6, 6.07) is 0. The van der Waals surface area contributed by atoms with Gasteiger partial charge in [0.15, 0.2) is 0 Å². The van der Waals surface area contributed by atoms with Crippen molar-refractivity contribution in [2.24, 2.45) is 17.8 Å². The molecule has 3 aliphatic rings. The molecule has 2 N–H and O–H groups in total. The van der Waals surface area contributed by atoms with Gasteiger partial charge in [-0.3, -0.25) is 4.79 Å². The molecule has 3 heteroatoms. The maximum Gasteiger partial charge on any atom is 0.224 e. The van der Waals surface area contributed by atoms with Crippen molar-refractivity contribution in [3.8, 4) is 0 Å². The summed E-state index contributed by atoms with van der Waals surface area (Å²) in [5.41, 5.74) is -0.270. The Morgan fingerprint density at radius 2 is 1.81 bits per heavy atom. The van der Waals surface area contributed by atoms with E-state index < -0.39 is 0 Å². The fraction of sp³-hybridized carbons (Fsp3) is 0.923. The van der Waals surface area contributed by atoms with E-state index in [1.165, 1.54) is 19.3 Å². The summed E-state index contributed by atoms with van der Waals surface area (Å²) in [5, 5.41) is 12.6. The molecule has 3 rings (SSSR count). The van der Waals surface area contributed by atoms with Crippen LogP contribution in [0.3, 0.4) is 0 Å². The summed E-state index contributed by atoms with van der Waals surface area (Å²) in [5.74, 6) is 1.87. The van der Waals surface area contributed by atoms with Crippen molar-refractivity contribution in [1.29, 1.82) is 0 Å². The summed E-state index contributed by atoms with van der Waals surface area (Å²) >= 11 is 0. The van der Waals surface area contributed by atoms with Crippen molar-refractivity contribution in [2.75, 3.05) is 6.61 Å². The number of carbonyl (C=O) groups is 1. The molecule has 3 aliphatic carbocycles. The number of carbonyl (C=O) groups excluding carboxylic acids is 1. The van der Waals surface area contributed by atoms with E-state index in [2.05, 4.69) is 5.32 Å². The van der Waals surface area contributed by atoms with Crippen molar-refractivity contribution >= 4 is 5.91 Å². The Balaban J connectivity index is 1.60. The maximum absolute atomic E-state index is 12.1. The van der Waals surface area contributed by atoms with Crippen LogP contribution in [0.2, 0.25) is 0 Å². The van der Waals surface area contributed by atoms with Crippen molar-refractivity contribution < 1.29 is 9.90 Å². The van der Waals surface area contributed by atoms with E-state index in [0.29, 0.717) is 11.8 Å². The second kappa shape index (κ2) is 3.73. The van der Waals surface area contributed by atoms with Crippen LogP contribution in [0.1, 0.15) is 44.9 Å². The zero-order valence-electron chi connectivity index (χ0n) is 9.74. The molecule has 0 saturated heterocycles. The maximum atomic E-state index is 12.1. The fourth-order valence-corrected chi connectivity index (χ4v) is 3.93. The van der Waals surface area contributed by atoms with E-state index in [1.54, 1.807) is 0 Å². The number of aliphatic hydroxyl groups excluding tert-OH is 1. The summed E-state index contributed by atoms with van der Waals surface area (Å²) < 4.78 is 0. The van der Waals surface area contributed by atoms with Crippen LogP contribution in [-0.2, 0) is 4.79 Å².